The van der Waals surface area contributed by atoms with E-state index in [0.29, 0.717) is 6.04 Å². The van der Waals surface area contributed by atoms with Crippen LogP contribution >= 0.6 is 0 Å². The van der Waals surface area contributed by atoms with Gasteiger partial charge in [-0.3, -0.25) is 4.90 Å². The van der Waals surface area contributed by atoms with Crippen molar-refractivity contribution in [2.45, 2.75) is 32.5 Å². The van der Waals surface area contributed by atoms with Gasteiger partial charge in [-0.05, 0) is 24.6 Å². The smallest absolute Gasteiger partial charge is 0.0622 e. The van der Waals surface area contributed by atoms with Crippen LogP contribution in [0, 0.1) is 0 Å². The minimum Gasteiger partial charge on any atom is -0.378 e. The summed E-state index contributed by atoms with van der Waals surface area (Å²) < 4.78 is 5.56. The van der Waals surface area contributed by atoms with Crippen LogP contribution in [0.3, 0.4) is 0 Å². The van der Waals surface area contributed by atoms with Crippen molar-refractivity contribution >= 4 is 0 Å². The Morgan fingerprint density at radius 3 is 2.83 bits per heavy atom. The summed E-state index contributed by atoms with van der Waals surface area (Å²) in [4.78, 5) is 2.55. The zero-order valence-corrected chi connectivity index (χ0v) is 11.5. The molecule has 0 amide bonds. The molecule has 1 saturated heterocycles. The van der Waals surface area contributed by atoms with E-state index in [9.17, 15) is 0 Å². The third-order valence-electron chi connectivity index (χ3n) is 3.68. The number of rotatable bonds is 5. The molecular formula is C15H24N2O. The van der Waals surface area contributed by atoms with Gasteiger partial charge in [0.2, 0.25) is 0 Å². The van der Waals surface area contributed by atoms with Crippen molar-refractivity contribution in [1.82, 2.24) is 10.2 Å². The number of nitrogens with zero attached hydrogens (tertiary/aromatic N) is 1. The fourth-order valence-electron chi connectivity index (χ4n) is 2.57. The van der Waals surface area contributed by atoms with Gasteiger partial charge < -0.3 is 10.1 Å². The summed E-state index contributed by atoms with van der Waals surface area (Å²) in [7, 11) is 2.00. The first-order valence-corrected chi connectivity index (χ1v) is 6.88. The van der Waals surface area contributed by atoms with Gasteiger partial charge in [0.1, 0.15) is 0 Å². The molecule has 3 nitrogen and oxygen atoms in total. The summed E-state index contributed by atoms with van der Waals surface area (Å²) in [6.07, 6.45) is 1.16. The third-order valence-corrected chi connectivity index (χ3v) is 3.68. The maximum Gasteiger partial charge on any atom is 0.0622 e. The van der Waals surface area contributed by atoms with E-state index < -0.39 is 0 Å². The minimum absolute atomic E-state index is 0.571. The first kappa shape index (κ1) is 13.5. The zero-order valence-electron chi connectivity index (χ0n) is 11.5. The molecule has 0 aliphatic carbocycles. The van der Waals surface area contributed by atoms with Crippen molar-refractivity contribution in [1.29, 1.82) is 0 Å². The Hall–Kier alpha value is -0.900. The summed E-state index contributed by atoms with van der Waals surface area (Å²) in [5.41, 5.74) is 2.84. The van der Waals surface area contributed by atoms with Crippen LogP contribution in [0.4, 0.5) is 0 Å². The van der Waals surface area contributed by atoms with Gasteiger partial charge in [-0.25, -0.2) is 0 Å². The number of hydrogen-bond donors (Lipinski definition) is 1. The predicted molar refractivity (Wildman–Crippen MR) is 74.5 cm³/mol. The van der Waals surface area contributed by atoms with Crippen LogP contribution in [0.1, 0.15) is 24.5 Å². The molecule has 1 N–H and O–H groups in total. The highest BCUT2D eigenvalue weighted by Gasteiger charge is 2.21. The van der Waals surface area contributed by atoms with Crippen molar-refractivity contribution in [3.63, 3.8) is 0 Å². The van der Waals surface area contributed by atoms with Crippen LogP contribution in [-0.2, 0) is 17.8 Å². The van der Waals surface area contributed by atoms with Crippen molar-refractivity contribution in [3.8, 4) is 0 Å². The Kier molecular flexibility index (Phi) is 5.17. The van der Waals surface area contributed by atoms with Gasteiger partial charge in [0.15, 0.2) is 0 Å². The van der Waals surface area contributed by atoms with Crippen molar-refractivity contribution < 1.29 is 4.74 Å². The second-order valence-corrected chi connectivity index (χ2v) is 4.91. The average Bonchev–Trinajstić information content (AvgIpc) is 2.42. The van der Waals surface area contributed by atoms with Gasteiger partial charge in [0.05, 0.1) is 13.2 Å². The quantitative estimate of drug-likeness (QED) is 0.863. The van der Waals surface area contributed by atoms with Gasteiger partial charge in [-0.1, -0.05) is 31.2 Å². The SMILES string of the molecule is CCC1COCCN1Cc1ccccc1CNC. The van der Waals surface area contributed by atoms with Crippen LogP contribution < -0.4 is 5.32 Å². The second-order valence-electron chi connectivity index (χ2n) is 4.91. The Balaban J connectivity index is 2.07. The number of hydrogen-bond acceptors (Lipinski definition) is 3. The summed E-state index contributed by atoms with van der Waals surface area (Å²) in [6, 6.07) is 9.28. The summed E-state index contributed by atoms with van der Waals surface area (Å²) in [5, 5.41) is 3.24. The molecule has 2 rings (SSSR count). The van der Waals surface area contributed by atoms with Crippen molar-refractivity contribution in [2.75, 3.05) is 26.8 Å². The van der Waals surface area contributed by atoms with Crippen molar-refractivity contribution in [3.05, 3.63) is 35.4 Å². The molecular weight excluding hydrogens is 224 g/mol. The Morgan fingerprint density at radius 1 is 1.33 bits per heavy atom. The average molecular weight is 248 g/mol. The van der Waals surface area contributed by atoms with E-state index in [4.69, 9.17) is 4.74 Å². The van der Waals surface area contributed by atoms with Gasteiger partial charge in [0.25, 0.3) is 0 Å². The molecule has 0 bridgehead atoms. The molecule has 1 aromatic carbocycles. The number of ether oxygens (including phenoxy) is 1. The lowest BCUT2D eigenvalue weighted by Gasteiger charge is -2.35. The molecule has 1 heterocycles. The summed E-state index contributed by atoms with van der Waals surface area (Å²) in [5.74, 6) is 0. The van der Waals surface area contributed by atoms with E-state index in [0.717, 1.165) is 39.3 Å². The fraction of sp³-hybridized carbons (Fsp3) is 0.600. The van der Waals surface area contributed by atoms with Gasteiger partial charge in [-0.15, -0.1) is 0 Å². The molecule has 0 saturated carbocycles. The van der Waals surface area contributed by atoms with E-state index in [-0.39, 0.29) is 0 Å². The van der Waals surface area contributed by atoms with Crippen LogP contribution in [0.15, 0.2) is 24.3 Å². The Morgan fingerprint density at radius 2 is 2.11 bits per heavy atom. The van der Waals surface area contributed by atoms with E-state index in [2.05, 4.69) is 41.4 Å². The van der Waals surface area contributed by atoms with Crippen LogP contribution in [0.5, 0.6) is 0 Å². The first-order valence-electron chi connectivity index (χ1n) is 6.88. The number of morpholine rings is 1. The fourth-order valence-corrected chi connectivity index (χ4v) is 2.57. The Bertz CT molecular complexity index is 367. The molecule has 1 aromatic rings. The normalized spacial score (nSPS) is 21.1. The first-order chi connectivity index (χ1) is 8.85. The number of benzene rings is 1. The summed E-state index contributed by atoms with van der Waals surface area (Å²) in [6.45, 7) is 7.02. The predicted octanol–water partition coefficient (Wildman–Crippen LogP) is 2.02. The monoisotopic (exact) mass is 248 g/mol. The molecule has 3 heteroatoms. The molecule has 1 aliphatic rings. The molecule has 18 heavy (non-hydrogen) atoms. The van der Waals surface area contributed by atoms with E-state index in [1.807, 2.05) is 7.05 Å². The summed E-state index contributed by atoms with van der Waals surface area (Å²) >= 11 is 0. The standard InChI is InChI=1S/C15H24N2O/c1-3-15-12-18-9-8-17(15)11-14-7-5-4-6-13(14)10-16-2/h4-7,15-16H,3,8-12H2,1-2H3. The highest BCUT2D eigenvalue weighted by Crippen LogP contribution is 2.17. The highest BCUT2D eigenvalue weighted by molar-refractivity contribution is 5.27. The molecule has 1 aliphatic heterocycles. The van der Waals surface area contributed by atoms with Crippen LogP contribution in [0.2, 0.25) is 0 Å². The van der Waals surface area contributed by atoms with Crippen LogP contribution in [-0.4, -0.2) is 37.7 Å². The minimum atomic E-state index is 0.571. The number of nitrogens with one attached hydrogen (secondary N) is 1. The maximum absolute atomic E-state index is 5.56. The van der Waals surface area contributed by atoms with E-state index in [1.165, 1.54) is 11.1 Å². The van der Waals surface area contributed by atoms with Crippen LogP contribution in [0.25, 0.3) is 0 Å². The third kappa shape index (κ3) is 3.31. The van der Waals surface area contributed by atoms with Gasteiger partial charge in [-0.2, -0.15) is 0 Å². The maximum atomic E-state index is 5.56. The molecule has 0 spiro atoms. The lowest BCUT2D eigenvalue weighted by Crippen LogP contribution is -2.44. The largest absolute Gasteiger partial charge is 0.378 e. The van der Waals surface area contributed by atoms with E-state index in [1.54, 1.807) is 0 Å². The molecule has 0 radical (unpaired) electrons. The Labute approximate surface area is 110 Å². The topological polar surface area (TPSA) is 24.5 Å². The molecule has 1 fully saturated rings. The van der Waals surface area contributed by atoms with Gasteiger partial charge >= 0.3 is 0 Å². The zero-order chi connectivity index (χ0) is 12.8. The van der Waals surface area contributed by atoms with Crippen molar-refractivity contribution in [2.24, 2.45) is 0 Å². The highest BCUT2D eigenvalue weighted by atomic mass is 16.5. The molecule has 1 atom stereocenters. The molecule has 0 aromatic heterocycles. The second kappa shape index (κ2) is 6.88. The molecule has 1 unspecified atom stereocenters. The molecule has 100 valence electrons. The lowest BCUT2D eigenvalue weighted by atomic mass is 10.1. The lowest BCUT2D eigenvalue weighted by molar-refractivity contribution is -0.0128. The van der Waals surface area contributed by atoms with E-state index >= 15 is 0 Å². The van der Waals surface area contributed by atoms with Gasteiger partial charge in [0, 0.05) is 25.7 Å².